The largest absolute Gasteiger partial charge is 0.496 e. The lowest BCUT2D eigenvalue weighted by Gasteiger charge is -2.28. The van der Waals surface area contributed by atoms with Crippen molar-refractivity contribution in [3.63, 3.8) is 0 Å². The van der Waals surface area contributed by atoms with Crippen LogP contribution in [0.4, 0.5) is 5.13 Å². The number of carbonyl (C=O) groups is 1. The van der Waals surface area contributed by atoms with Crippen molar-refractivity contribution >= 4 is 43.4 Å². The van der Waals surface area contributed by atoms with E-state index in [4.69, 9.17) is 14.5 Å². The molecule has 1 aromatic heterocycles. The van der Waals surface area contributed by atoms with Crippen LogP contribution < -0.4 is 9.64 Å². The molecule has 1 saturated heterocycles. The first-order valence-electron chi connectivity index (χ1n) is 11.7. The first-order valence-corrected chi connectivity index (χ1v) is 12.5. The quantitative estimate of drug-likeness (QED) is 0.371. The van der Waals surface area contributed by atoms with Crippen LogP contribution in [0.3, 0.4) is 0 Å². The number of aryl methyl sites for hydroxylation is 1. The topological polar surface area (TPSA) is 54.9 Å². The number of aromatic nitrogens is 1. The van der Waals surface area contributed by atoms with Gasteiger partial charge in [0.15, 0.2) is 5.13 Å². The van der Waals surface area contributed by atoms with E-state index >= 15 is 0 Å². The molecule has 34 heavy (non-hydrogen) atoms. The molecule has 1 aliphatic heterocycles. The number of morpholine rings is 1. The van der Waals surface area contributed by atoms with Gasteiger partial charge in [0, 0.05) is 26.2 Å². The van der Waals surface area contributed by atoms with Crippen molar-refractivity contribution in [3.05, 3.63) is 65.7 Å². The summed E-state index contributed by atoms with van der Waals surface area (Å²) in [6.45, 7) is 6.99. The Morgan fingerprint density at radius 2 is 1.88 bits per heavy atom. The summed E-state index contributed by atoms with van der Waals surface area (Å²) in [7, 11) is 1.62. The fraction of sp³-hybridized carbons (Fsp3) is 0.333. The van der Waals surface area contributed by atoms with Gasteiger partial charge < -0.3 is 9.47 Å². The normalized spacial score (nSPS) is 14.5. The maximum absolute atomic E-state index is 14.0. The number of para-hydroxylation sites is 1. The smallest absolute Gasteiger partial charge is 0.263 e. The summed E-state index contributed by atoms with van der Waals surface area (Å²) in [6, 6.07) is 18.1. The Morgan fingerprint density at radius 1 is 1.12 bits per heavy atom. The number of amides is 1. The number of hydrogen-bond donors (Lipinski definition) is 0. The van der Waals surface area contributed by atoms with Crippen LogP contribution >= 0.6 is 11.3 Å². The maximum atomic E-state index is 14.0. The van der Waals surface area contributed by atoms with Crippen molar-refractivity contribution in [2.45, 2.75) is 13.3 Å². The lowest BCUT2D eigenvalue weighted by Crippen LogP contribution is -2.39. The number of rotatable bonds is 7. The molecular formula is C27H29N3O3S. The molecule has 0 bridgehead atoms. The van der Waals surface area contributed by atoms with Gasteiger partial charge in [0.1, 0.15) is 5.75 Å². The number of nitrogens with zero attached hydrogens (tertiary/aromatic N) is 3. The third kappa shape index (κ3) is 4.64. The third-order valence-corrected chi connectivity index (χ3v) is 7.39. The summed E-state index contributed by atoms with van der Waals surface area (Å²) in [4.78, 5) is 23.1. The van der Waals surface area contributed by atoms with Crippen LogP contribution in [-0.4, -0.2) is 62.3 Å². The minimum absolute atomic E-state index is 0.0821. The molecule has 0 aliphatic carbocycles. The van der Waals surface area contributed by atoms with Crippen LogP contribution in [0.2, 0.25) is 0 Å². The summed E-state index contributed by atoms with van der Waals surface area (Å²) in [6.07, 6.45) is 0.858. The van der Waals surface area contributed by atoms with Crippen LogP contribution in [0.15, 0.2) is 54.6 Å². The first kappa shape index (κ1) is 22.8. The predicted octanol–water partition coefficient (Wildman–Crippen LogP) is 5.14. The molecule has 0 radical (unpaired) electrons. The molecule has 1 amide bonds. The summed E-state index contributed by atoms with van der Waals surface area (Å²) >= 11 is 1.57. The summed E-state index contributed by atoms with van der Waals surface area (Å²) in [5.74, 6) is 0.500. The van der Waals surface area contributed by atoms with Gasteiger partial charge in [0.25, 0.3) is 5.91 Å². The van der Waals surface area contributed by atoms with Gasteiger partial charge in [-0.2, -0.15) is 0 Å². The van der Waals surface area contributed by atoms with E-state index < -0.39 is 0 Å². The zero-order valence-electron chi connectivity index (χ0n) is 19.6. The van der Waals surface area contributed by atoms with Gasteiger partial charge in [0.2, 0.25) is 0 Å². The van der Waals surface area contributed by atoms with E-state index in [-0.39, 0.29) is 5.91 Å². The maximum Gasteiger partial charge on any atom is 0.263 e. The van der Waals surface area contributed by atoms with E-state index in [0.717, 1.165) is 71.0 Å². The van der Waals surface area contributed by atoms with Gasteiger partial charge in [-0.15, -0.1) is 0 Å². The number of benzene rings is 3. The first-order chi connectivity index (χ1) is 16.6. The highest BCUT2D eigenvalue weighted by molar-refractivity contribution is 7.22. The van der Waals surface area contributed by atoms with E-state index in [1.807, 2.05) is 47.4 Å². The Morgan fingerprint density at radius 3 is 2.62 bits per heavy atom. The van der Waals surface area contributed by atoms with Gasteiger partial charge in [-0.1, -0.05) is 47.7 Å². The van der Waals surface area contributed by atoms with E-state index in [2.05, 4.69) is 24.0 Å². The summed E-state index contributed by atoms with van der Waals surface area (Å²) in [5, 5.41) is 2.79. The number of fused-ring (bicyclic) bond motifs is 2. The molecule has 4 aromatic rings. The Bertz CT molecular complexity index is 1310. The number of ether oxygens (including phenoxy) is 2. The summed E-state index contributed by atoms with van der Waals surface area (Å²) < 4.78 is 12.2. The molecule has 7 heteroatoms. The van der Waals surface area contributed by atoms with Gasteiger partial charge in [0.05, 0.1) is 36.1 Å². The minimum atomic E-state index is -0.0821. The van der Waals surface area contributed by atoms with E-state index in [1.165, 1.54) is 0 Å². The zero-order valence-corrected chi connectivity index (χ0v) is 20.4. The fourth-order valence-electron chi connectivity index (χ4n) is 4.45. The molecule has 2 heterocycles. The fourth-order valence-corrected chi connectivity index (χ4v) is 5.52. The van der Waals surface area contributed by atoms with Crippen molar-refractivity contribution in [2.75, 3.05) is 51.4 Å². The van der Waals surface area contributed by atoms with Crippen molar-refractivity contribution in [2.24, 2.45) is 0 Å². The Labute approximate surface area is 203 Å². The van der Waals surface area contributed by atoms with Crippen LogP contribution in [-0.2, 0) is 4.74 Å². The van der Waals surface area contributed by atoms with Crippen molar-refractivity contribution < 1.29 is 14.3 Å². The molecule has 0 N–H and O–H groups in total. The van der Waals surface area contributed by atoms with Crippen LogP contribution in [0.5, 0.6) is 5.75 Å². The van der Waals surface area contributed by atoms with E-state index in [0.29, 0.717) is 17.9 Å². The molecular weight excluding hydrogens is 446 g/mol. The van der Waals surface area contributed by atoms with Crippen molar-refractivity contribution in [1.29, 1.82) is 0 Å². The van der Waals surface area contributed by atoms with Crippen LogP contribution in [0.1, 0.15) is 22.3 Å². The molecule has 0 atom stereocenters. The molecule has 1 fully saturated rings. The minimum Gasteiger partial charge on any atom is -0.496 e. The average Bonchev–Trinajstić information content (AvgIpc) is 3.31. The molecule has 0 unspecified atom stereocenters. The number of methoxy groups -OCH3 is 1. The Hall–Kier alpha value is -3.00. The molecule has 0 saturated carbocycles. The van der Waals surface area contributed by atoms with Gasteiger partial charge in [-0.05, 0) is 47.9 Å². The summed E-state index contributed by atoms with van der Waals surface area (Å²) in [5.41, 5.74) is 2.63. The number of hydrogen-bond acceptors (Lipinski definition) is 6. The van der Waals surface area contributed by atoms with Crippen molar-refractivity contribution in [1.82, 2.24) is 9.88 Å². The van der Waals surface area contributed by atoms with E-state index in [1.54, 1.807) is 18.4 Å². The SMILES string of the molecule is COc1cc2ccccc2cc1C(=O)N(CCCN1CCOCC1)c1nc2c(C)cccc2s1. The number of anilines is 1. The van der Waals surface area contributed by atoms with Crippen LogP contribution in [0, 0.1) is 6.92 Å². The standard InChI is InChI=1S/C27H29N3O3S/c1-19-7-5-10-24-25(19)28-27(34-24)30(12-6-11-29-13-15-33-16-14-29)26(31)22-17-20-8-3-4-9-21(20)18-23(22)32-2/h3-5,7-10,17-18H,6,11-16H2,1-2H3. The van der Waals surface area contributed by atoms with Crippen LogP contribution in [0.25, 0.3) is 21.0 Å². The highest BCUT2D eigenvalue weighted by Crippen LogP contribution is 2.34. The molecule has 176 valence electrons. The lowest BCUT2D eigenvalue weighted by atomic mass is 10.0. The highest BCUT2D eigenvalue weighted by Gasteiger charge is 2.25. The molecule has 5 rings (SSSR count). The Balaban J connectivity index is 1.49. The molecule has 0 spiro atoms. The second kappa shape index (κ2) is 10.1. The number of thiazole rings is 1. The van der Waals surface area contributed by atoms with Gasteiger partial charge in [-0.25, -0.2) is 4.98 Å². The van der Waals surface area contributed by atoms with E-state index in [9.17, 15) is 4.79 Å². The lowest BCUT2D eigenvalue weighted by molar-refractivity contribution is 0.0376. The molecule has 3 aromatic carbocycles. The Kier molecular flexibility index (Phi) is 6.76. The number of carbonyl (C=O) groups excluding carboxylic acids is 1. The predicted molar refractivity (Wildman–Crippen MR) is 138 cm³/mol. The molecule has 6 nitrogen and oxygen atoms in total. The van der Waals surface area contributed by atoms with Gasteiger partial charge >= 0.3 is 0 Å². The van der Waals surface area contributed by atoms with Gasteiger partial charge in [-0.3, -0.25) is 14.6 Å². The third-order valence-electron chi connectivity index (χ3n) is 6.34. The van der Waals surface area contributed by atoms with Crippen molar-refractivity contribution in [3.8, 4) is 5.75 Å². The second-order valence-corrected chi connectivity index (χ2v) is 9.59. The average molecular weight is 476 g/mol. The zero-order chi connectivity index (χ0) is 23.5. The molecule has 1 aliphatic rings. The monoisotopic (exact) mass is 475 g/mol. The second-order valence-electron chi connectivity index (χ2n) is 8.58. The highest BCUT2D eigenvalue weighted by atomic mass is 32.1.